The van der Waals surface area contributed by atoms with Crippen LogP contribution in [0.4, 0.5) is 0 Å². The number of rotatable bonds is 5. The lowest BCUT2D eigenvalue weighted by molar-refractivity contribution is -0.141. The van der Waals surface area contributed by atoms with E-state index >= 15 is 0 Å². The summed E-state index contributed by atoms with van der Waals surface area (Å²) in [5.74, 6) is -0.0633. The lowest BCUT2D eigenvalue weighted by atomic mass is 9.93. The van der Waals surface area contributed by atoms with E-state index in [2.05, 4.69) is 0 Å². The molecule has 2 aromatic rings. The topological polar surface area (TPSA) is 76.1 Å². The Morgan fingerprint density at radius 1 is 1.00 bits per heavy atom. The third-order valence-electron chi connectivity index (χ3n) is 6.30. The van der Waals surface area contributed by atoms with E-state index in [0.29, 0.717) is 17.1 Å². The van der Waals surface area contributed by atoms with Crippen molar-refractivity contribution in [1.29, 1.82) is 0 Å². The van der Waals surface area contributed by atoms with Crippen molar-refractivity contribution < 1.29 is 24.2 Å². The number of likely N-dealkylation sites (tertiary alicyclic amines) is 1. The number of carbonyl (C=O) groups is 2. The average molecular weight is 421 g/mol. The quantitative estimate of drug-likeness (QED) is 0.441. The van der Waals surface area contributed by atoms with Gasteiger partial charge in [0.1, 0.15) is 17.3 Å². The first kappa shape index (κ1) is 21.0. The largest absolute Gasteiger partial charge is 0.507 e. The summed E-state index contributed by atoms with van der Waals surface area (Å²) < 4.78 is 10.6. The fourth-order valence-corrected chi connectivity index (χ4v) is 4.72. The van der Waals surface area contributed by atoms with Gasteiger partial charge in [-0.1, -0.05) is 25.0 Å². The van der Waals surface area contributed by atoms with Crippen LogP contribution in [0.2, 0.25) is 0 Å². The van der Waals surface area contributed by atoms with Crippen LogP contribution in [0.5, 0.6) is 11.5 Å². The molecule has 1 aliphatic heterocycles. The SMILES string of the molecule is COc1cccc(C2/C(=C(/O)c3ccc(OC)cc3C)C(=O)C(=O)N2C2CCCC2)c1. The fraction of sp³-hybridized carbons (Fsp3) is 0.360. The molecule has 2 fully saturated rings. The van der Waals surface area contributed by atoms with Gasteiger partial charge in [-0.25, -0.2) is 0 Å². The molecule has 1 amide bonds. The van der Waals surface area contributed by atoms with Gasteiger partial charge >= 0.3 is 0 Å². The number of hydrogen-bond acceptors (Lipinski definition) is 5. The van der Waals surface area contributed by atoms with Crippen LogP contribution < -0.4 is 9.47 Å². The Morgan fingerprint density at radius 2 is 1.68 bits per heavy atom. The number of aliphatic hydroxyl groups excluding tert-OH is 1. The number of ether oxygens (including phenoxy) is 2. The van der Waals surface area contributed by atoms with Gasteiger partial charge in [0.15, 0.2) is 0 Å². The van der Waals surface area contributed by atoms with Crippen molar-refractivity contribution in [2.24, 2.45) is 0 Å². The van der Waals surface area contributed by atoms with Crippen molar-refractivity contribution in [2.75, 3.05) is 14.2 Å². The Balaban J connectivity index is 1.90. The second-order valence-corrected chi connectivity index (χ2v) is 8.10. The minimum atomic E-state index is -0.653. The number of ketones is 1. The molecule has 6 nitrogen and oxygen atoms in total. The zero-order valence-corrected chi connectivity index (χ0v) is 18.1. The zero-order valence-electron chi connectivity index (χ0n) is 18.1. The van der Waals surface area contributed by atoms with Crippen molar-refractivity contribution in [2.45, 2.75) is 44.7 Å². The number of amides is 1. The van der Waals surface area contributed by atoms with Crippen LogP contribution in [0.3, 0.4) is 0 Å². The number of nitrogens with zero attached hydrogens (tertiary/aromatic N) is 1. The van der Waals surface area contributed by atoms with Gasteiger partial charge in [-0.3, -0.25) is 9.59 Å². The highest BCUT2D eigenvalue weighted by molar-refractivity contribution is 6.46. The second-order valence-electron chi connectivity index (χ2n) is 8.10. The summed E-state index contributed by atoms with van der Waals surface area (Å²) >= 11 is 0. The standard InChI is InChI=1S/C25H27NO5/c1-15-13-19(31-3)11-12-20(15)23(27)21-22(16-7-6-10-18(14-16)30-2)26(25(29)24(21)28)17-8-4-5-9-17/h6-7,10-14,17,22,27H,4-5,8-9H2,1-3H3/b23-21-. The Hall–Kier alpha value is -3.28. The van der Waals surface area contributed by atoms with Crippen molar-refractivity contribution in [3.05, 3.63) is 64.7 Å². The van der Waals surface area contributed by atoms with Crippen molar-refractivity contribution in [3.63, 3.8) is 0 Å². The lowest BCUT2D eigenvalue weighted by Gasteiger charge is -2.31. The van der Waals surface area contributed by atoms with Gasteiger partial charge < -0.3 is 19.5 Å². The molecule has 2 aliphatic rings. The number of methoxy groups -OCH3 is 2. The van der Waals surface area contributed by atoms with Crippen LogP contribution in [-0.2, 0) is 9.59 Å². The predicted octanol–water partition coefficient (Wildman–Crippen LogP) is 4.38. The van der Waals surface area contributed by atoms with Crippen LogP contribution in [0.1, 0.15) is 48.4 Å². The Kier molecular flexibility index (Phi) is 5.72. The van der Waals surface area contributed by atoms with Crippen molar-refractivity contribution in [1.82, 2.24) is 4.90 Å². The van der Waals surface area contributed by atoms with E-state index in [9.17, 15) is 14.7 Å². The van der Waals surface area contributed by atoms with Gasteiger partial charge in [0.25, 0.3) is 11.7 Å². The molecule has 31 heavy (non-hydrogen) atoms. The molecule has 1 saturated heterocycles. The summed E-state index contributed by atoms with van der Waals surface area (Å²) in [6.45, 7) is 1.84. The number of aryl methyl sites for hydroxylation is 1. The van der Waals surface area contributed by atoms with E-state index in [-0.39, 0.29) is 17.4 Å². The molecule has 2 aromatic carbocycles. The minimum absolute atomic E-state index is 0.0186. The molecule has 0 radical (unpaired) electrons. The maximum atomic E-state index is 13.2. The summed E-state index contributed by atoms with van der Waals surface area (Å²) in [4.78, 5) is 28.0. The summed E-state index contributed by atoms with van der Waals surface area (Å²) in [5.41, 5.74) is 2.14. The van der Waals surface area contributed by atoms with Crippen LogP contribution in [0, 0.1) is 6.92 Å². The van der Waals surface area contributed by atoms with Gasteiger partial charge in [0.05, 0.1) is 25.8 Å². The zero-order chi connectivity index (χ0) is 22.1. The summed E-state index contributed by atoms with van der Waals surface area (Å²) in [5, 5.41) is 11.3. The number of hydrogen-bond donors (Lipinski definition) is 1. The molecule has 6 heteroatoms. The van der Waals surface area contributed by atoms with E-state index in [1.807, 2.05) is 31.2 Å². The summed E-state index contributed by atoms with van der Waals surface area (Å²) in [7, 11) is 3.15. The van der Waals surface area contributed by atoms with E-state index in [0.717, 1.165) is 36.8 Å². The van der Waals surface area contributed by atoms with Crippen LogP contribution in [0.25, 0.3) is 5.76 Å². The second kappa shape index (κ2) is 8.46. The van der Waals surface area contributed by atoms with Crippen LogP contribution in [0.15, 0.2) is 48.0 Å². The molecule has 162 valence electrons. The molecule has 1 aliphatic carbocycles. The molecule has 1 unspecified atom stereocenters. The molecular formula is C25H27NO5. The van der Waals surface area contributed by atoms with Gasteiger partial charge in [-0.2, -0.15) is 0 Å². The smallest absolute Gasteiger partial charge is 0.295 e. The monoisotopic (exact) mass is 421 g/mol. The number of aliphatic hydroxyl groups is 1. The average Bonchev–Trinajstić information content (AvgIpc) is 3.40. The number of benzene rings is 2. The van der Waals surface area contributed by atoms with Gasteiger partial charge in [0.2, 0.25) is 0 Å². The summed E-state index contributed by atoms with van der Waals surface area (Å²) in [6.07, 6.45) is 3.76. The first-order valence-electron chi connectivity index (χ1n) is 10.5. The highest BCUT2D eigenvalue weighted by atomic mass is 16.5. The molecule has 1 saturated carbocycles. The normalized spacial score (nSPS) is 21.0. The molecular weight excluding hydrogens is 394 g/mol. The predicted molar refractivity (Wildman–Crippen MR) is 117 cm³/mol. The number of carbonyl (C=O) groups excluding carboxylic acids is 2. The Bertz CT molecular complexity index is 1050. The van der Waals surface area contributed by atoms with E-state index in [4.69, 9.17) is 9.47 Å². The fourth-order valence-electron chi connectivity index (χ4n) is 4.72. The van der Waals surface area contributed by atoms with Crippen molar-refractivity contribution in [3.8, 4) is 11.5 Å². The highest BCUT2D eigenvalue weighted by Gasteiger charge is 2.49. The Morgan fingerprint density at radius 3 is 2.32 bits per heavy atom. The first-order valence-corrected chi connectivity index (χ1v) is 10.5. The lowest BCUT2D eigenvalue weighted by Crippen LogP contribution is -2.37. The van der Waals surface area contributed by atoms with Gasteiger partial charge in [-0.05, 0) is 61.2 Å². The molecule has 1 atom stereocenters. The van der Waals surface area contributed by atoms with E-state index in [1.54, 1.807) is 37.3 Å². The Labute approximate surface area is 182 Å². The third kappa shape index (κ3) is 3.67. The van der Waals surface area contributed by atoms with Crippen molar-refractivity contribution >= 4 is 17.4 Å². The highest BCUT2D eigenvalue weighted by Crippen LogP contribution is 2.44. The molecule has 1 N–H and O–H groups in total. The van der Waals surface area contributed by atoms with Crippen LogP contribution >= 0.6 is 0 Å². The first-order chi connectivity index (χ1) is 15.0. The maximum absolute atomic E-state index is 13.2. The van der Waals surface area contributed by atoms with Gasteiger partial charge in [-0.15, -0.1) is 0 Å². The molecule has 0 bridgehead atoms. The van der Waals surface area contributed by atoms with Crippen LogP contribution in [-0.4, -0.2) is 42.0 Å². The molecule has 0 spiro atoms. The maximum Gasteiger partial charge on any atom is 0.295 e. The summed E-state index contributed by atoms with van der Waals surface area (Å²) in [6, 6.07) is 11.9. The molecule has 4 rings (SSSR count). The number of Topliss-reactive ketones (excluding diaryl/α,β-unsaturated/α-hetero) is 1. The van der Waals surface area contributed by atoms with E-state index < -0.39 is 17.7 Å². The minimum Gasteiger partial charge on any atom is -0.507 e. The van der Waals surface area contributed by atoms with E-state index in [1.165, 1.54) is 0 Å². The molecule has 0 aromatic heterocycles. The molecule has 1 heterocycles. The third-order valence-corrected chi connectivity index (χ3v) is 6.30. The van der Waals surface area contributed by atoms with Gasteiger partial charge in [0, 0.05) is 11.6 Å².